The predicted octanol–water partition coefficient (Wildman–Crippen LogP) is 2.26. The topological polar surface area (TPSA) is 102 Å². The lowest BCUT2D eigenvalue weighted by Crippen LogP contribution is -2.12. The Morgan fingerprint density at radius 3 is 2.71 bits per heavy atom. The van der Waals surface area contributed by atoms with Crippen LogP contribution >= 0.6 is 22.7 Å². The van der Waals surface area contributed by atoms with E-state index in [0.717, 1.165) is 11.3 Å². The van der Waals surface area contributed by atoms with E-state index in [1.807, 2.05) is 0 Å². The van der Waals surface area contributed by atoms with Crippen molar-refractivity contribution in [1.82, 2.24) is 4.98 Å². The zero-order chi connectivity index (χ0) is 15.0. The van der Waals surface area contributed by atoms with Gasteiger partial charge in [0, 0.05) is 0 Å². The molecule has 3 aromatic rings. The molecule has 0 aliphatic carbocycles. The molecular weight excluding hydrogens is 330 g/mol. The molecule has 0 radical (unpaired) electrons. The van der Waals surface area contributed by atoms with E-state index < -0.39 is 10.0 Å². The number of primary sulfonamides is 1. The van der Waals surface area contributed by atoms with E-state index in [1.165, 1.54) is 11.3 Å². The van der Waals surface area contributed by atoms with Gasteiger partial charge in [-0.2, -0.15) is 0 Å². The highest BCUT2D eigenvalue weighted by Crippen LogP contribution is 2.30. The summed E-state index contributed by atoms with van der Waals surface area (Å²) in [6, 6.07) is 8.60. The summed E-state index contributed by atoms with van der Waals surface area (Å²) < 4.78 is 23.2. The molecule has 1 amide bonds. The molecule has 9 heteroatoms. The number of thiazole rings is 1. The van der Waals surface area contributed by atoms with E-state index in [2.05, 4.69) is 10.3 Å². The molecule has 0 atom stereocenters. The quantitative estimate of drug-likeness (QED) is 0.764. The van der Waals surface area contributed by atoms with Crippen LogP contribution in [0.15, 0.2) is 40.1 Å². The third-order valence-electron chi connectivity index (χ3n) is 2.64. The van der Waals surface area contributed by atoms with Crippen molar-refractivity contribution in [3.8, 4) is 0 Å². The Bertz CT molecular complexity index is 914. The van der Waals surface area contributed by atoms with Crippen molar-refractivity contribution in [2.24, 2.45) is 5.14 Å². The first-order valence-electron chi connectivity index (χ1n) is 5.72. The molecule has 2 aromatic heterocycles. The molecule has 108 valence electrons. The molecule has 0 aliphatic rings. The van der Waals surface area contributed by atoms with Gasteiger partial charge in [-0.15, -0.1) is 22.7 Å². The maximum Gasteiger partial charge on any atom is 0.265 e. The number of sulfonamides is 1. The van der Waals surface area contributed by atoms with Crippen molar-refractivity contribution in [2.45, 2.75) is 4.34 Å². The number of para-hydroxylation sites is 1. The molecule has 3 N–H and O–H groups in total. The van der Waals surface area contributed by atoms with Gasteiger partial charge in [0.1, 0.15) is 5.52 Å². The zero-order valence-electron chi connectivity index (χ0n) is 10.4. The van der Waals surface area contributed by atoms with E-state index >= 15 is 0 Å². The molecular formula is C12H9N3O3S3. The van der Waals surface area contributed by atoms with Crippen molar-refractivity contribution in [2.75, 3.05) is 5.32 Å². The molecule has 0 unspecified atom stereocenters. The number of aromatic nitrogens is 1. The third kappa shape index (κ3) is 2.81. The minimum atomic E-state index is -3.86. The lowest BCUT2D eigenvalue weighted by atomic mass is 10.3. The number of fused-ring (bicyclic) bond motifs is 1. The first kappa shape index (κ1) is 14.1. The van der Waals surface area contributed by atoms with E-state index in [4.69, 9.17) is 5.14 Å². The average Bonchev–Trinajstić information content (AvgIpc) is 3.07. The summed E-state index contributed by atoms with van der Waals surface area (Å²) in [6.07, 6.45) is 0. The van der Waals surface area contributed by atoms with Crippen LogP contribution in [0, 0.1) is 0 Å². The SMILES string of the molecule is NS(=O)(=O)c1nc2c(NC(=O)c3cccs3)cccc2s1. The van der Waals surface area contributed by atoms with Gasteiger partial charge in [0.15, 0.2) is 0 Å². The summed E-state index contributed by atoms with van der Waals surface area (Å²) in [4.78, 5) is 16.6. The van der Waals surface area contributed by atoms with Crippen molar-refractivity contribution in [3.63, 3.8) is 0 Å². The number of carbonyl (C=O) groups is 1. The van der Waals surface area contributed by atoms with Gasteiger partial charge in [0.2, 0.25) is 4.34 Å². The summed E-state index contributed by atoms with van der Waals surface area (Å²) in [7, 11) is -3.86. The highest BCUT2D eigenvalue weighted by Gasteiger charge is 2.17. The van der Waals surface area contributed by atoms with Crippen molar-refractivity contribution in [3.05, 3.63) is 40.6 Å². The molecule has 0 saturated heterocycles. The molecule has 0 aliphatic heterocycles. The minimum Gasteiger partial charge on any atom is -0.319 e. The molecule has 0 saturated carbocycles. The van der Waals surface area contributed by atoms with Crippen LogP contribution in [-0.4, -0.2) is 19.3 Å². The molecule has 6 nitrogen and oxygen atoms in total. The van der Waals surface area contributed by atoms with Gasteiger partial charge in [-0.25, -0.2) is 18.5 Å². The fourth-order valence-corrected chi connectivity index (χ4v) is 4.04. The monoisotopic (exact) mass is 339 g/mol. The van der Waals surface area contributed by atoms with Crippen LogP contribution in [0.1, 0.15) is 9.67 Å². The highest BCUT2D eigenvalue weighted by atomic mass is 32.2. The number of anilines is 1. The number of nitrogens with one attached hydrogen (secondary N) is 1. The molecule has 1 aromatic carbocycles. The van der Waals surface area contributed by atoms with Crippen LogP contribution in [0.5, 0.6) is 0 Å². The normalized spacial score (nSPS) is 11.7. The fourth-order valence-electron chi connectivity index (χ4n) is 1.74. The van der Waals surface area contributed by atoms with Crippen LogP contribution in [-0.2, 0) is 10.0 Å². The van der Waals surface area contributed by atoms with E-state index in [-0.39, 0.29) is 10.2 Å². The Balaban J connectivity index is 2.03. The van der Waals surface area contributed by atoms with Crippen LogP contribution in [0.2, 0.25) is 0 Å². The highest BCUT2D eigenvalue weighted by molar-refractivity contribution is 7.91. The van der Waals surface area contributed by atoms with Gasteiger partial charge < -0.3 is 5.32 Å². The smallest absolute Gasteiger partial charge is 0.265 e. The van der Waals surface area contributed by atoms with E-state index in [0.29, 0.717) is 20.8 Å². The van der Waals surface area contributed by atoms with Crippen LogP contribution in [0.3, 0.4) is 0 Å². The first-order chi connectivity index (χ1) is 9.95. The van der Waals surface area contributed by atoms with Crippen molar-refractivity contribution in [1.29, 1.82) is 0 Å². The van der Waals surface area contributed by atoms with Crippen LogP contribution in [0.25, 0.3) is 10.2 Å². The Kier molecular flexibility index (Phi) is 3.49. The van der Waals surface area contributed by atoms with Gasteiger partial charge in [-0.3, -0.25) is 4.79 Å². The Labute approximate surface area is 128 Å². The number of nitrogens with zero attached hydrogens (tertiary/aromatic N) is 1. The van der Waals surface area contributed by atoms with Gasteiger partial charge in [-0.05, 0) is 23.6 Å². The maximum atomic E-state index is 12.1. The van der Waals surface area contributed by atoms with E-state index in [9.17, 15) is 13.2 Å². The van der Waals surface area contributed by atoms with Gasteiger partial charge in [-0.1, -0.05) is 12.1 Å². The third-order valence-corrected chi connectivity index (χ3v) is 5.84. The van der Waals surface area contributed by atoms with Crippen molar-refractivity contribution < 1.29 is 13.2 Å². The van der Waals surface area contributed by atoms with Gasteiger partial charge in [0.05, 0.1) is 15.3 Å². The predicted molar refractivity (Wildman–Crippen MR) is 83.3 cm³/mol. The second-order valence-electron chi connectivity index (χ2n) is 4.11. The number of carbonyl (C=O) groups excluding carboxylic acids is 1. The van der Waals surface area contributed by atoms with Crippen molar-refractivity contribution >= 4 is 54.5 Å². The van der Waals surface area contributed by atoms with Gasteiger partial charge >= 0.3 is 0 Å². The minimum absolute atomic E-state index is 0.171. The summed E-state index contributed by atoms with van der Waals surface area (Å²) >= 11 is 2.29. The number of benzene rings is 1. The molecule has 0 bridgehead atoms. The molecule has 2 heterocycles. The Hall–Kier alpha value is -1.81. The number of rotatable bonds is 3. The fraction of sp³-hybridized carbons (Fsp3) is 0. The Morgan fingerprint density at radius 2 is 2.05 bits per heavy atom. The summed E-state index contributed by atoms with van der Waals surface area (Å²) in [5.41, 5.74) is 0.869. The number of thiophene rings is 1. The largest absolute Gasteiger partial charge is 0.319 e. The molecule has 3 rings (SSSR count). The second kappa shape index (κ2) is 5.19. The lowest BCUT2D eigenvalue weighted by molar-refractivity contribution is 0.103. The maximum absolute atomic E-state index is 12.1. The Morgan fingerprint density at radius 1 is 1.24 bits per heavy atom. The number of amides is 1. The number of hydrogen-bond acceptors (Lipinski definition) is 6. The summed E-state index contributed by atoms with van der Waals surface area (Å²) in [6.45, 7) is 0. The number of nitrogens with two attached hydrogens (primary N) is 1. The second-order valence-corrected chi connectivity index (χ2v) is 7.82. The zero-order valence-corrected chi connectivity index (χ0v) is 12.9. The summed E-state index contributed by atoms with van der Waals surface area (Å²) in [5.74, 6) is -0.261. The van der Waals surface area contributed by atoms with Crippen LogP contribution in [0.4, 0.5) is 5.69 Å². The average molecular weight is 339 g/mol. The standard InChI is InChI=1S/C12H9N3O3S3/c13-21(17,18)12-15-10-7(3-1-4-8(10)20-12)14-11(16)9-5-2-6-19-9/h1-6H,(H,14,16)(H2,13,17,18). The lowest BCUT2D eigenvalue weighted by Gasteiger charge is -2.03. The van der Waals surface area contributed by atoms with Crippen LogP contribution < -0.4 is 10.5 Å². The van der Waals surface area contributed by atoms with Gasteiger partial charge in [0.25, 0.3) is 15.9 Å². The summed E-state index contributed by atoms with van der Waals surface area (Å²) in [5, 5.41) is 9.62. The number of hydrogen-bond donors (Lipinski definition) is 2. The molecule has 21 heavy (non-hydrogen) atoms. The molecule has 0 spiro atoms. The molecule has 0 fully saturated rings. The first-order valence-corrected chi connectivity index (χ1v) is 8.96. The van der Waals surface area contributed by atoms with E-state index in [1.54, 1.807) is 35.7 Å².